The Morgan fingerprint density at radius 1 is 1.20 bits per heavy atom. The van der Waals surface area contributed by atoms with E-state index in [-0.39, 0.29) is 12.0 Å². The Morgan fingerprint density at radius 2 is 1.96 bits per heavy atom. The molecule has 1 amide bonds. The van der Waals surface area contributed by atoms with Crippen LogP contribution in [0.5, 0.6) is 0 Å². The Labute approximate surface area is 150 Å². The molecular formula is C17H32N4O4. The first-order chi connectivity index (χ1) is 12.3. The molecule has 25 heavy (non-hydrogen) atoms. The molecule has 2 rings (SSSR count). The molecule has 2 heterocycles. The van der Waals surface area contributed by atoms with Crippen LogP contribution < -0.4 is 5.32 Å². The first-order valence-corrected chi connectivity index (χ1v) is 9.19. The van der Waals surface area contributed by atoms with Crippen molar-refractivity contribution in [2.75, 3.05) is 73.3 Å². The summed E-state index contributed by atoms with van der Waals surface area (Å²) in [7, 11) is 3.46. The Kier molecular flexibility index (Phi) is 8.99. The van der Waals surface area contributed by atoms with E-state index in [1.54, 1.807) is 14.2 Å². The topological polar surface area (TPSA) is 75.6 Å². The van der Waals surface area contributed by atoms with Crippen molar-refractivity contribution in [1.29, 1.82) is 0 Å². The Balaban J connectivity index is 1.63. The van der Waals surface area contributed by atoms with Gasteiger partial charge in [0.2, 0.25) is 0 Å². The van der Waals surface area contributed by atoms with E-state index in [2.05, 4.69) is 15.2 Å². The van der Waals surface area contributed by atoms with Gasteiger partial charge in [-0.05, 0) is 19.3 Å². The molecule has 0 aliphatic carbocycles. The van der Waals surface area contributed by atoms with Gasteiger partial charge in [-0.2, -0.15) is 0 Å². The SMILES string of the molecule is CN=C(NCCCOCCOC)N1CCN(C(=O)C2CCCO2)CC1. The molecule has 0 aromatic carbocycles. The quantitative estimate of drug-likeness (QED) is 0.373. The van der Waals surface area contributed by atoms with Gasteiger partial charge in [0, 0.05) is 60.1 Å². The lowest BCUT2D eigenvalue weighted by Gasteiger charge is -2.37. The van der Waals surface area contributed by atoms with Crippen molar-refractivity contribution in [2.45, 2.75) is 25.4 Å². The van der Waals surface area contributed by atoms with E-state index in [1.165, 1.54) is 0 Å². The molecule has 0 saturated carbocycles. The number of ether oxygens (including phenoxy) is 3. The number of methoxy groups -OCH3 is 1. The number of carbonyl (C=O) groups excluding carboxylic acids is 1. The van der Waals surface area contributed by atoms with Crippen LogP contribution in [0.3, 0.4) is 0 Å². The van der Waals surface area contributed by atoms with Gasteiger partial charge in [-0.3, -0.25) is 9.79 Å². The highest BCUT2D eigenvalue weighted by Crippen LogP contribution is 2.16. The van der Waals surface area contributed by atoms with Crippen LogP contribution in [-0.4, -0.2) is 101 Å². The number of nitrogens with one attached hydrogen (secondary N) is 1. The van der Waals surface area contributed by atoms with Crippen LogP contribution in [0.1, 0.15) is 19.3 Å². The first kappa shape index (κ1) is 19.9. The van der Waals surface area contributed by atoms with Crippen molar-refractivity contribution in [3.63, 3.8) is 0 Å². The standard InChI is InChI=1S/C17H32N4O4/c1-18-17(19-6-4-11-24-14-13-23-2)21-9-7-20(8-10-21)16(22)15-5-3-12-25-15/h15H,3-14H2,1-2H3,(H,18,19). The molecular weight excluding hydrogens is 324 g/mol. The normalized spacial score (nSPS) is 21.7. The summed E-state index contributed by atoms with van der Waals surface area (Å²) in [6, 6.07) is 0. The maximum Gasteiger partial charge on any atom is 0.251 e. The zero-order valence-electron chi connectivity index (χ0n) is 15.5. The van der Waals surface area contributed by atoms with Gasteiger partial charge in [0.25, 0.3) is 5.91 Å². The van der Waals surface area contributed by atoms with E-state index in [9.17, 15) is 4.79 Å². The zero-order chi connectivity index (χ0) is 17.9. The highest BCUT2D eigenvalue weighted by Gasteiger charge is 2.30. The Bertz CT molecular complexity index is 419. The fourth-order valence-corrected chi connectivity index (χ4v) is 3.07. The fraction of sp³-hybridized carbons (Fsp3) is 0.882. The third-order valence-corrected chi connectivity index (χ3v) is 4.49. The van der Waals surface area contributed by atoms with Gasteiger partial charge in [0.1, 0.15) is 6.10 Å². The van der Waals surface area contributed by atoms with Gasteiger partial charge >= 0.3 is 0 Å². The number of hydrogen-bond donors (Lipinski definition) is 1. The van der Waals surface area contributed by atoms with Gasteiger partial charge in [0.15, 0.2) is 5.96 Å². The molecule has 2 saturated heterocycles. The minimum absolute atomic E-state index is 0.147. The molecule has 1 atom stereocenters. The number of aliphatic imine (C=N–C) groups is 1. The highest BCUT2D eigenvalue weighted by molar-refractivity contribution is 5.82. The largest absolute Gasteiger partial charge is 0.382 e. The summed E-state index contributed by atoms with van der Waals surface area (Å²) in [5.41, 5.74) is 0. The second-order valence-electron chi connectivity index (χ2n) is 6.25. The minimum atomic E-state index is -0.220. The van der Waals surface area contributed by atoms with E-state index < -0.39 is 0 Å². The first-order valence-electron chi connectivity index (χ1n) is 9.19. The Morgan fingerprint density at radius 3 is 2.60 bits per heavy atom. The number of rotatable bonds is 8. The summed E-state index contributed by atoms with van der Waals surface area (Å²) in [4.78, 5) is 20.8. The smallest absolute Gasteiger partial charge is 0.251 e. The lowest BCUT2D eigenvalue weighted by Crippen LogP contribution is -2.55. The van der Waals surface area contributed by atoms with Gasteiger partial charge in [-0.25, -0.2) is 0 Å². The predicted molar refractivity (Wildman–Crippen MR) is 95.8 cm³/mol. The number of guanidine groups is 1. The maximum atomic E-state index is 12.4. The van der Waals surface area contributed by atoms with Crippen LogP contribution in [0.25, 0.3) is 0 Å². The second kappa shape index (κ2) is 11.3. The maximum absolute atomic E-state index is 12.4. The molecule has 1 N–H and O–H groups in total. The molecule has 2 fully saturated rings. The molecule has 2 aliphatic rings. The van der Waals surface area contributed by atoms with Crippen LogP contribution in [-0.2, 0) is 19.0 Å². The molecule has 0 radical (unpaired) electrons. The molecule has 0 aromatic rings. The Hall–Kier alpha value is -1.38. The third-order valence-electron chi connectivity index (χ3n) is 4.49. The number of piperazine rings is 1. The molecule has 8 nitrogen and oxygen atoms in total. The number of carbonyl (C=O) groups is 1. The van der Waals surface area contributed by atoms with E-state index in [4.69, 9.17) is 14.2 Å². The molecule has 8 heteroatoms. The van der Waals surface area contributed by atoms with Crippen LogP contribution >= 0.6 is 0 Å². The van der Waals surface area contributed by atoms with Crippen molar-refractivity contribution < 1.29 is 19.0 Å². The number of amides is 1. The van der Waals surface area contributed by atoms with Crippen LogP contribution in [0.4, 0.5) is 0 Å². The second-order valence-corrected chi connectivity index (χ2v) is 6.25. The predicted octanol–water partition coefficient (Wildman–Crippen LogP) is -0.0619. The molecule has 144 valence electrons. The van der Waals surface area contributed by atoms with E-state index >= 15 is 0 Å². The molecule has 0 spiro atoms. The van der Waals surface area contributed by atoms with Crippen LogP contribution in [0, 0.1) is 0 Å². The van der Waals surface area contributed by atoms with Crippen molar-refractivity contribution >= 4 is 11.9 Å². The van der Waals surface area contributed by atoms with Gasteiger partial charge < -0.3 is 29.3 Å². The summed E-state index contributed by atoms with van der Waals surface area (Å²) >= 11 is 0. The molecule has 0 aromatic heterocycles. The highest BCUT2D eigenvalue weighted by atomic mass is 16.5. The van der Waals surface area contributed by atoms with Crippen LogP contribution in [0.15, 0.2) is 4.99 Å². The summed E-state index contributed by atoms with van der Waals surface area (Å²) in [6.45, 7) is 6.52. The zero-order valence-corrected chi connectivity index (χ0v) is 15.5. The van der Waals surface area contributed by atoms with Crippen molar-refractivity contribution in [2.24, 2.45) is 4.99 Å². The van der Waals surface area contributed by atoms with E-state index in [1.807, 2.05) is 4.90 Å². The fourth-order valence-electron chi connectivity index (χ4n) is 3.07. The van der Waals surface area contributed by atoms with Gasteiger partial charge in [-0.1, -0.05) is 0 Å². The van der Waals surface area contributed by atoms with E-state index in [0.717, 1.165) is 57.9 Å². The van der Waals surface area contributed by atoms with Crippen molar-refractivity contribution in [3.8, 4) is 0 Å². The lowest BCUT2D eigenvalue weighted by molar-refractivity contribution is -0.142. The summed E-state index contributed by atoms with van der Waals surface area (Å²) in [6.07, 6.45) is 2.54. The average molecular weight is 356 g/mol. The average Bonchev–Trinajstić information content (AvgIpc) is 3.18. The monoisotopic (exact) mass is 356 g/mol. The number of nitrogens with zero attached hydrogens (tertiary/aromatic N) is 3. The van der Waals surface area contributed by atoms with Crippen molar-refractivity contribution in [3.05, 3.63) is 0 Å². The third kappa shape index (κ3) is 6.45. The summed E-state index contributed by atoms with van der Waals surface area (Å²) < 4.78 is 15.9. The molecule has 2 aliphatic heterocycles. The summed E-state index contributed by atoms with van der Waals surface area (Å²) in [5.74, 6) is 1.04. The van der Waals surface area contributed by atoms with Gasteiger partial charge in [-0.15, -0.1) is 0 Å². The van der Waals surface area contributed by atoms with E-state index in [0.29, 0.717) is 26.4 Å². The minimum Gasteiger partial charge on any atom is -0.382 e. The van der Waals surface area contributed by atoms with Crippen molar-refractivity contribution in [1.82, 2.24) is 15.1 Å². The number of hydrogen-bond acceptors (Lipinski definition) is 5. The lowest BCUT2D eigenvalue weighted by atomic mass is 10.2. The van der Waals surface area contributed by atoms with Crippen LogP contribution in [0.2, 0.25) is 0 Å². The summed E-state index contributed by atoms with van der Waals surface area (Å²) in [5, 5.41) is 3.37. The molecule has 1 unspecified atom stereocenters. The van der Waals surface area contributed by atoms with Gasteiger partial charge in [0.05, 0.1) is 13.2 Å². The molecule has 0 bridgehead atoms.